The molecular formula is C16H21NO3. The van der Waals surface area contributed by atoms with Gasteiger partial charge in [0.05, 0.1) is 19.8 Å². The summed E-state index contributed by atoms with van der Waals surface area (Å²) in [5, 5.41) is 3.96. The number of carbonyl (C=O) groups excluding carboxylic acids is 1. The first-order valence-corrected chi connectivity index (χ1v) is 6.97. The lowest BCUT2D eigenvalue weighted by molar-refractivity contribution is -0.121. The first kappa shape index (κ1) is 14.4. The van der Waals surface area contributed by atoms with Gasteiger partial charge < -0.3 is 14.5 Å². The van der Waals surface area contributed by atoms with Crippen molar-refractivity contribution in [1.29, 1.82) is 0 Å². The summed E-state index contributed by atoms with van der Waals surface area (Å²) in [5.74, 6) is 0.781. The highest BCUT2D eigenvalue weighted by molar-refractivity contribution is 5.88. The highest BCUT2D eigenvalue weighted by atomic mass is 16.5. The van der Waals surface area contributed by atoms with E-state index >= 15 is 0 Å². The SMILES string of the molecule is CCC[C@H](C)NC(=O)Cc1coc2cc(OC)ccc12. The Morgan fingerprint density at radius 1 is 1.45 bits per heavy atom. The minimum absolute atomic E-state index is 0.0319. The van der Waals surface area contributed by atoms with Gasteiger partial charge in [-0.3, -0.25) is 4.79 Å². The van der Waals surface area contributed by atoms with Crippen LogP contribution in [0.25, 0.3) is 11.0 Å². The Morgan fingerprint density at radius 3 is 2.95 bits per heavy atom. The Morgan fingerprint density at radius 2 is 2.25 bits per heavy atom. The molecule has 0 fully saturated rings. The molecule has 2 aromatic rings. The zero-order chi connectivity index (χ0) is 14.5. The molecule has 4 heteroatoms. The van der Waals surface area contributed by atoms with Crippen LogP contribution in [-0.4, -0.2) is 19.1 Å². The van der Waals surface area contributed by atoms with Crippen molar-refractivity contribution in [1.82, 2.24) is 5.32 Å². The van der Waals surface area contributed by atoms with Gasteiger partial charge in [-0.25, -0.2) is 0 Å². The van der Waals surface area contributed by atoms with Crippen LogP contribution in [0.1, 0.15) is 32.3 Å². The van der Waals surface area contributed by atoms with E-state index in [-0.39, 0.29) is 11.9 Å². The van der Waals surface area contributed by atoms with Crippen molar-refractivity contribution in [3.8, 4) is 5.75 Å². The molecule has 0 unspecified atom stereocenters. The molecule has 20 heavy (non-hydrogen) atoms. The van der Waals surface area contributed by atoms with Gasteiger partial charge in [0.15, 0.2) is 0 Å². The van der Waals surface area contributed by atoms with Crippen molar-refractivity contribution in [2.75, 3.05) is 7.11 Å². The van der Waals surface area contributed by atoms with Gasteiger partial charge in [0.25, 0.3) is 0 Å². The zero-order valence-electron chi connectivity index (χ0n) is 12.2. The maximum Gasteiger partial charge on any atom is 0.224 e. The highest BCUT2D eigenvalue weighted by Crippen LogP contribution is 2.25. The third-order valence-electron chi connectivity index (χ3n) is 3.34. The van der Waals surface area contributed by atoms with Gasteiger partial charge in [0, 0.05) is 23.1 Å². The third-order valence-corrected chi connectivity index (χ3v) is 3.34. The molecule has 1 atom stereocenters. The van der Waals surface area contributed by atoms with Gasteiger partial charge in [0.1, 0.15) is 11.3 Å². The van der Waals surface area contributed by atoms with Crippen LogP contribution in [0.15, 0.2) is 28.9 Å². The number of hydrogen-bond donors (Lipinski definition) is 1. The van der Waals surface area contributed by atoms with Crippen LogP contribution >= 0.6 is 0 Å². The lowest BCUT2D eigenvalue weighted by Crippen LogP contribution is -2.33. The second-order valence-electron chi connectivity index (χ2n) is 5.06. The zero-order valence-corrected chi connectivity index (χ0v) is 12.2. The molecule has 0 spiro atoms. The number of amides is 1. The van der Waals surface area contributed by atoms with Crippen molar-refractivity contribution >= 4 is 16.9 Å². The van der Waals surface area contributed by atoms with E-state index in [4.69, 9.17) is 9.15 Å². The molecule has 2 rings (SSSR count). The minimum Gasteiger partial charge on any atom is -0.497 e. The van der Waals surface area contributed by atoms with Crippen molar-refractivity contribution in [3.05, 3.63) is 30.0 Å². The standard InChI is InChI=1S/C16H21NO3/c1-4-5-11(2)17-16(18)8-12-10-20-15-9-13(19-3)6-7-14(12)15/h6-7,9-11H,4-5,8H2,1-3H3,(H,17,18)/t11-/m0/s1. The number of benzene rings is 1. The Labute approximate surface area is 119 Å². The predicted molar refractivity (Wildman–Crippen MR) is 79.0 cm³/mol. The van der Waals surface area contributed by atoms with Crippen LogP contribution in [0.4, 0.5) is 0 Å². The lowest BCUT2D eigenvalue weighted by Gasteiger charge is -2.12. The molecule has 1 aromatic carbocycles. The number of rotatable bonds is 6. The summed E-state index contributed by atoms with van der Waals surface area (Å²) in [4.78, 5) is 12.0. The van der Waals surface area contributed by atoms with Crippen molar-refractivity contribution in [2.24, 2.45) is 0 Å². The average molecular weight is 275 g/mol. The molecule has 0 bridgehead atoms. The summed E-state index contributed by atoms with van der Waals surface area (Å²) in [6, 6.07) is 5.84. The van der Waals surface area contributed by atoms with Crippen molar-refractivity contribution in [3.63, 3.8) is 0 Å². The van der Waals surface area contributed by atoms with Gasteiger partial charge in [-0.05, 0) is 25.5 Å². The van der Waals surface area contributed by atoms with Crippen molar-refractivity contribution in [2.45, 2.75) is 39.2 Å². The first-order chi connectivity index (χ1) is 9.63. The molecule has 108 valence electrons. The van der Waals surface area contributed by atoms with Gasteiger partial charge in [0.2, 0.25) is 5.91 Å². The summed E-state index contributed by atoms with van der Waals surface area (Å²) in [5.41, 5.74) is 1.65. The number of nitrogens with one attached hydrogen (secondary N) is 1. The van der Waals surface area contributed by atoms with Crippen LogP contribution < -0.4 is 10.1 Å². The fourth-order valence-corrected chi connectivity index (χ4v) is 2.33. The minimum atomic E-state index is 0.0319. The molecule has 0 aliphatic heterocycles. The molecule has 0 aliphatic carbocycles. The maximum absolute atomic E-state index is 12.0. The van der Waals surface area contributed by atoms with Gasteiger partial charge >= 0.3 is 0 Å². The molecule has 1 amide bonds. The smallest absolute Gasteiger partial charge is 0.224 e. The highest BCUT2D eigenvalue weighted by Gasteiger charge is 2.12. The molecule has 1 heterocycles. The van der Waals surface area contributed by atoms with Crippen LogP contribution in [0, 0.1) is 0 Å². The van der Waals surface area contributed by atoms with Crippen LogP contribution in [-0.2, 0) is 11.2 Å². The Balaban J connectivity index is 2.08. The van der Waals surface area contributed by atoms with E-state index in [1.54, 1.807) is 13.4 Å². The van der Waals surface area contributed by atoms with E-state index in [0.717, 1.165) is 35.1 Å². The topological polar surface area (TPSA) is 51.5 Å². The molecule has 0 saturated heterocycles. The Bertz CT molecular complexity index is 588. The summed E-state index contributed by atoms with van der Waals surface area (Å²) in [6.45, 7) is 4.14. The monoisotopic (exact) mass is 275 g/mol. The van der Waals surface area contributed by atoms with Gasteiger partial charge in [-0.1, -0.05) is 13.3 Å². The second kappa shape index (κ2) is 6.46. The summed E-state index contributed by atoms with van der Waals surface area (Å²) >= 11 is 0. The van der Waals surface area contributed by atoms with Gasteiger partial charge in [-0.2, -0.15) is 0 Å². The van der Waals surface area contributed by atoms with E-state index in [1.165, 1.54) is 0 Å². The predicted octanol–water partition coefficient (Wildman–Crippen LogP) is 3.29. The largest absolute Gasteiger partial charge is 0.497 e. The number of ether oxygens (including phenoxy) is 1. The van der Waals surface area contributed by atoms with Crippen molar-refractivity contribution < 1.29 is 13.9 Å². The number of carbonyl (C=O) groups is 1. The van der Waals surface area contributed by atoms with E-state index < -0.39 is 0 Å². The molecule has 1 aromatic heterocycles. The van der Waals surface area contributed by atoms with Crippen LogP contribution in [0.2, 0.25) is 0 Å². The second-order valence-corrected chi connectivity index (χ2v) is 5.06. The van der Waals surface area contributed by atoms with Crippen LogP contribution in [0.3, 0.4) is 0 Å². The number of furan rings is 1. The fraction of sp³-hybridized carbons (Fsp3) is 0.438. The summed E-state index contributed by atoms with van der Waals surface area (Å²) < 4.78 is 10.6. The number of methoxy groups -OCH3 is 1. The number of fused-ring (bicyclic) bond motifs is 1. The summed E-state index contributed by atoms with van der Waals surface area (Å²) in [6.07, 6.45) is 4.05. The molecular weight excluding hydrogens is 254 g/mol. The van der Waals surface area contributed by atoms with Gasteiger partial charge in [-0.15, -0.1) is 0 Å². The normalized spacial score (nSPS) is 12.3. The molecule has 1 N–H and O–H groups in total. The van der Waals surface area contributed by atoms with E-state index in [9.17, 15) is 4.79 Å². The van der Waals surface area contributed by atoms with Crippen LogP contribution in [0.5, 0.6) is 5.75 Å². The lowest BCUT2D eigenvalue weighted by atomic mass is 10.1. The fourth-order valence-electron chi connectivity index (χ4n) is 2.33. The quantitative estimate of drug-likeness (QED) is 0.880. The summed E-state index contributed by atoms with van der Waals surface area (Å²) in [7, 11) is 1.62. The van der Waals surface area contributed by atoms with E-state index in [2.05, 4.69) is 12.2 Å². The number of hydrogen-bond acceptors (Lipinski definition) is 3. The molecule has 0 radical (unpaired) electrons. The van der Waals surface area contributed by atoms with E-state index in [0.29, 0.717) is 6.42 Å². The average Bonchev–Trinajstić information content (AvgIpc) is 2.81. The van der Waals surface area contributed by atoms with E-state index in [1.807, 2.05) is 25.1 Å². The Kier molecular flexibility index (Phi) is 4.66. The molecule has 0 aliphatic rings. The molecule has 4 nitrogen and oxygen atoms in total. The third kappa shape index (κ3) is 3.32. The Hall–Kier alpha value is -1.97. The molecule has 0 saturated carbocycles. The maximum atomic E-state index is 12.0. The first-order valence-electron chi connectivity index (χ1n) is 6.97.